The molecule has 1 spiro atoms. The molecule has 3 unspecified atom stereocenters. The Labute approximate surface area is 80.0 Å². The second-order valence-electron chi connectivity index (χ2n) is 4.36. The summed E-state index contributed by atoms with van der Waals surface area (Å²) >= 11 is 0. The number of hydrogen-bond donors (Lipinski definition) is 0. The molecule has 2 aliphatic heterocycles. The Morgan fingerprint density at radius 2 is 2.15 bits per heavy atom. The normalized spacial score (nSPS) is 47.3. The highest BCUT2D eigenvalue weighted by Crippen LogP contribution is 2.37. The van der Waals surface area contributed by atoms with Crippen molar-refractivity contribution in [1.29, 1.82) is 0 Å². The van der Waals surface area contributed by atoms with Crippen molar-refractivity contribution < 1.29 is 9.47 Å². The van der Waals surface area contributed by atoms with E-state index < -0.39 is 0 Å². The first-order valence-electron chi connectivity index (χ1n) is 5.11. The number of likely N-dealkylation sites (N-methyl/N-ethyl adjacent to an activating group) is 1. The summed E-state index contributed by atoms with van der Waals surface area (Å²) in [6.07, 6.45) is 1.11. The molecule has 0 radical (unpaired) electrons. The molecular formula is C10H19NO2. The minimum atomic E-state index is -0.127. The van der Waals surface area contributed by atoms with Gasteiger partial charge in [0.25, 0.3) is 0 Å². The zero-order valence-electron chi connectivity index (χ0n) is 8.75. The fraction of sp³-hybridized carbons (Fsp3) is 1.00. The van der Waals surface area contributed by atoms with Gasteiger partial charge in [-0.05, 0) is 20.4 Å². The van der Waals surface area contributed by atoms with E-state index in [9.17, 15) is 0 Å². The van der Waals surface area contributed by atoms with Crippen LogP contribution < -0.4 is 0 Å². The largest absolute Gasteiger partial charge is 0.377 e. The van der Waals surface area contributed by atoms with E-state index >= 15 is 0 Å². The summed E-state index contributed by atoms with van der Waals surface area (Å²) in [4.78, 5) is 2.33. The molecule has 0 aromatic carbocycles. The monoisotopic (exact) mass is 185 g/mol. The summed E-state index contributed by atoms with van der Waals surface area (Å²) in [7, 11) is 2.14. The van der Waals surface area contributed by atoms with Gasteiger partial charge in [0, 0.05) is 18.6 Å². The van der Waals surface area contributed by atoms with Crippen LogP contribution in [0.2, 0.25) is 0 Å². The van der Waals surface area contributed by atoms with Gasteiger partial charge in [0.1, 0.15) is 5.72 Å². The highest BCUT2D eigenvalue weighted by Gasteiger charge is 2.49. The van der Waals surface area contributed by atoms with E-state index in [0.717, 1.165) is 26.2 Å². The van der Waals surface area contributed by atoms with Crippen molar-refractivity contribution in [2.75, 3.05) is 26.9 Å². The average molecular weight is 185 g/mol. The highest BCUT2D eigenvalue weighted by atomic mass is 16.6. The fourth-order valence-corrected chi connectivity index (χ4v) is 2.33. The molecule has 13 heavy (non-hydrogen) atoms. The molecule has 0 aliphatic carbocycles. The van der Waals surface area contributed by atoms with Crippen molar-refractivity contribution in [2.24, 2.45) is 5.92 Å². The van der Waals surface area contributed by atoms with Crippen LogP contribution in [-0.2, 0) is 9.47 Å². The zero-order chi connectivity index (χ0) is 9.47. The predicted molar refractivity (Wildman–Crippen MR) is 50.5 cm³/mol. The molecule has 2 fully saturated rings. The van der Waals surface area contributed by atoms with E-state index in [4.69, 9.17) is 9.47 Å². The Kier molecular flexibility index (Phi) is 2.34. The van der Waals surface area contributed by atoms with Crippen LogP contribution in [0.5, 0.6) is 0 Å². The first-order chi connectivity index (χ1) is 6.17. The molecule has 2 rings (SSSR count). The molecule has 3 nitrogen and oxygen atoms in total. The van der Waals surface area contributed by atoms with Crippen LogP contribution in [0.1, 0.15) is 20.3 Å². The van der Waals surface area contributed by atoms with Gasteiger partial charge in [0.05, 0.1) is 13.2 Å². The molecule has 2 aliphatic rings. The van der Waals surface area contributed by atoms with E-state index in [2.05, 4.69) is 25.8 Å². The predicted octanol–water partition coefficient (Wildman–Crippen LogP) is 1.09. The minimum Gasteiger partial charge on any atom is -0.377 e. The topological polar surface area (TPSA) is 21.7 Å². The number of rotatable bonds is 0. The zero-order valence-corrected chi connectivity index (χ0v) is 8.75. The summed E-state index contributed by atoms with van der Waals surface area (Å²) in [6.45, 7) is 6.92. The van der Waals surface area contributed by atoms with Crippen LogP contribution >= 0.6 is 0 Å². The molecule has 0 bridgehead atoms. The van der Waals surface area contributed by atoms with Gasteiger partial charge >= 0.3 is 0 Å². The second kappa shape index (κ2) is 3.23. The summed E-state index contributed by atoms with van der Waals surface area (Å²) in [6, 6.07) is 0.518. The Morgan fingerprint density at radius 1 is 1.38 bits per heavy atom. The summed E-state index contributed by atoms with van der Waals surface area (Å²) in [5, 5.41) is 0. The number of ether oxygens (including phenoxy) is 2. The van der Waals surface area contributed by atoms with Crippen LogP contribution in [0.15, 0.2) is 0 Å². The van der Waals surface area contributed by atoms with Gasteiger partial charge in [-0.25, -0.2) is 0 Å². The standard InChI is InChI=1S/C10H19NO2/c1-8-4-5-12-7-10(8)11(3)9(2)6-13-10/h8-9H,4-7H2,1-3H3. The van der Waals surface area contributed by atoms with Crippen LogP contribution in [0.3, 0.4) is 0 Å². The van der Waals surface area contributed by atoms with Gasteiger partial charge in [-0.15, -0.1) is 0 Å². The third-order valence-electron chi connectivity index (χ3n) is 3.61. The van der Waals surface area contributed by atoms with E-state index in [-0.39, 0.29) is 5.72 Å². The first-order valence-corrected chi connectivity index (χ1v) is 5.11. The van der Waals surface area contributed by atoms with E-state index in [1.54, 1.807) is 0 Å². The second-order valence-corrected chi connectivity index (χ2v) is 4.36. The van der Waals surface area contributed by atoms with Gasteiger partial charge < -0.3 is 9.47 Å². The maximum atomic E-state index is 5.92. The summed E-state index contributed by atoms with van der Waals surface area (Å²) in [5.74, 6) is 0.580. The SMILES string of the molecule is CC1COC2(COCCC2C)N1C. The number of hydrogen-bond acceptors (Lipinski definition) is 3. The third kappa shape index (κ3) is 1.30. The maximum absolute atomic E-state index is 5.92. The molecule has 3 heteroatoms. The quantitative estimate of drug-likeness (QED) is 0.564. The van der Waals surface area contributed by atoms with Gasteiger partial charge in [0.2, 0.25) is 0 Å². The molecule has 2 heterocycles. The Bertz CT molecular complexity index is 193. The fourth-order valence-electron chi connectivity index (χ4n) is 2.33. The lowest BCUT2D eigenvalue weighted by molar-refractivity contribution is -0.187. The molecule has 3 atom stereocenters. The molecule has 0 aromatic rings. The number of nitrogens with zero attached hydrogens (tertiary/aromatic N) is 1. The Hall–Kier alpha value is -0.120. The maximum Gasteiger partial charge on any atom is 0.147 e. The van der Waals surface area contributed by atoms with Gasteiger partial charge in [-0.3, -0.25) is 4.90 Å². The van der Waals surface area contributed by atoms with E-state index in [1.807, 2.05) is 0 Å². The van der Waals surface area contributed by atoms with Crippen molar-refractivity contribution in [2.45, 2.75) is 32.0 Å². The smallest absolute Gasteiger partial charge is 0.147 e. The first kappa shape index (κ1) is 9.44. The lowest BCUT2D eigenvalue weighted by atomic mass is 9.92. The van der Waals surface area contributed by atoms with Crippen molar-refractivity contribution in [3.8, 4) is 0 Å². The van der Waals surface area contributed by atoms with Crippen molar-refractivity contribution in [1.82, 2.24) is 4.90 Å². The van der Waals surface area contributed by atoms with Crippen LogP contribution in [-0.4, -0.2) is 43.5 Å². The molecule has 0 N–H and O–H groups in total. The third-order valence-corrected chi connectivity index (χ3v) is 3.61. The average Bonchev–Trinajstić information content (AvgIpc) is 2.40. The molecule has 0 amide bonds. The molecular weight excluding hydrogens is 166 g/mol. The molecule has 2 saturated heterocycles. The van der Waals surface area contributed by atoms with E-state index in [1.165, 1.54) is 0 Å². The van der Waals surface area contributed by atoms with Gasteiger partial charge in [-0.1, -0.05) is 6.92 Å². The lowest BCUT2D eigenvalue weighted by Gasteiger charge is -2.43. The van der Waals surface area contributed by atoms with E-state index in [0.29, 0.717) is 12.0 Å². The molecule has 76 valence electrons. The van der Waals surface area contributed by atoms with Gasteiger partial charge in [0.15, 0.2) is 0 Å². The van der Waals surface area contributed by atoms with Crippen molar-refractivity contribution >= 4 is 0 Å². The van der Waals surface area contributed by atoms with Gasteiger partial charge in [-0.2, -0.15) is 0 Å². The molecule has 0 aromatic heterocycles. The van der Waals surface area contributed by atoms with Crippen LogP contribution in [0, 0.1) is 5.92 Å². The minimum absolute atomic E-state index is 0.127. The van der Waals surface area contributed by atoms with Crippen LogP contribution in [0.4, 0.5) is 0 Å². The van der Waals surface area contributed by atoms with Crippen LogP contribution in [0.25, 0.3) is 0 Å². The highest BCUT2D eigenvalue weighted by molar-refractivity contribution is 4.94. The Balaban J connectivity index is 2.17. The summed E-state index contributed by atoms with van der Waals surface area (Å²) < 4.78 is 11.4. The Morgan fingerprint density at radius 3 is 2.69 bits per heavy atom. The van der Waals surface area contributed by atoms with Crippen molar-refractivity contribution in [3.05, 3.63) is 0 Å². The summed E-state index contributed by atoms with van der Waals surface area (Å²) in [5.41, 5.74) is -0.127. The lowest BCUT2D eigenvalue weighted by Crippen LogP contribution is -2.55. The molecule has 0 saturated carbocycles. The van der Waals surface area contributed by atoms with Crippen molar-refractivity contribution in [3.63, 3.8) is 0 Å².